The molecule has 0 unspecified atom stereocenters. The van der Waals surface area contributed by atoms with Crippen LogP contribution in [0.4, 0.5) is 14.6 Å². The minimum atomic E-state index is -0.636. The van der Waals surface area contributed by atoms with Crippen molar-refractivity contribution in [1.82, 2.24) is 9.55 Å². The van der Waals surface area contributed by atoms with Crippen molar-refractivity contribution in [2.24, 2.45) is 0 Å². The summed E-state index contributed by atoms with van der Waals surface area (Å²) in [4.78, 5) is 4.58. The van der Waals surface area contributed by atoms with Gasteiger partial charge in [0, 0.05) is 23.1 Å². The SMILES string of the molecule is CC(C)(C)c1nc(-c2ccc(F)cc2F)c(N)n1C1CC1. The average Bonchev–Trinajstić information content (AvgIpc) is 3.13. The van der Waals surface area contributed by atoms with Gasteiger partial charge >= 0.3 is 0 Å². The number of halogens is 2. The third kappa shape index (κ3) is 2.41. The molecule has 1 aliphatic carbocycles. The fourth-order valence-electron chi connectivity index (χ4n) is 2.56. The summed E-state index contributed by atoms with van der Waals surface area (Å²) in [6.07, 6.45) is 2.13. The van der Waals surface area contributed by atoms with Crippen LogP contribution in [0.2, 0.25) is 0 Å². The molecule has 0 aliphatic heterocycles. The molecule has 1 aromatic carbocycles. The molecule has 0 bridgehead atoms. The molecule has 1 fully saturated rings. The minimum absolute atomic E-state index is 0.189. The van der Waals surface area contributed by atoms with Gasteiger partial charge in [-0.05, 0) is 25.0 Å². The molecule has 0 spiro atoms. The van der Waals surface area contributed by atoms with Crippen LogP contribution in [-0.2, 0) is 5.41 Å². The topological polar surface area (TPSA) is 43.8 Å². The summed E-state index contributed by atoms with van der Waals surface area (Å²) in [7, 11) is 0. The van der Waals surface area contributed by atoms with Gasteiger partial charge in [-0.2, -0.15) is 0 Å². The number of benzene rings is 1. The van der Waals surface area contributed by atoms with Crippen molar-refractivity contribution in [2.75, 3.05) is 5.73 Å². The van der Waals surface area contributed by atoms with E-state index in [9.17, 15) is 8.78 Å². The van der Waals surface area contributed by atoms with E-state index < -0.39 is 11.6 Å². The van der Waals surface area contributed by atoms with Crippen LogP contribution in [0.15, 0.2) is 18.2 Å². The number of nitrogens with two attached hydrogens (primary N) is 1. The van der Waals surface area contributed by atoms with Gasteiger partial charge in [0.15, 0.2) is 0 Å². The predicted octanol–water partition coefficient (Wildman–Crippen LogP) is 4.04. The maximum Gasteiger partial charge on any atom is 0.135 e. The van der Waals surface area contributed by atoms with Crippen LogP contribution in [0.5, 0.6) is 0 Å². The molecule has 1 aliphatic rings. The molecule has 112 valence electrons. The summed E-state index contributed by atoms with van der Waals surface area (Å²) >= 11 is 0. The molecular formula is C16H19F2N3. The average molecular weight is 291 g/mol. The Morgan fingerprint density at radius 3 is 2.43 bits per heavy atom. The van der Waals surface area contributed by atoms with E-state index in [1.165, 1.54) is 12.1 Å². The lowest BCUT2D eigenvalue weighted by Gasteiger charge is -2.20. The van der Waals surface area contributed by atoms with Crippen molar-refractivity contribution >= 4 is 5.82 Å². The van der Waals surface area contributed by atoms with E-state index in [1.54, 1.807) is 0 Å². The van der Waals surface area contributed by atoms with Gasteiger partial charge in [0.2, 0.25) is 0 Å². The van der Waals surface area contributed by atoms with Crippen LogP contribution in [-0.4, -0.2) is 9.55 Å². The van der Waals surface area contributed by atoms with E-state index in [-0.39, 0.29) is 11.0 Å². The maximum absolute atomic E-state index is 14.0. The van der Waals surface area contributed by atoms with E-state index in [4.69, 9.17) is 5.73 Å². The molecule has 0 saturated heterocycles. The van der Waals surface area contributed by atoms with Gasteiger partial charge < -0.3 is 10.3 Å². The zero-order valence-electron chi connectivity index (χ0n) is 12.5. The molecule has 1 heterocycles. The Labute approximate surface area is 122 Å². The van der Waals surface area contributed by atoms with E-state index in [0.29, 0.717) is 17.6 Å². The summed E-state index contributed by atoms with van der Waals surface area (Å²) in [5.41, 5.74) is 6.69. The Hall–Kier alpha value is -1.91. The normalized spacial score (nSPS) is 15.5. The first-order chi connectivity index (χ1) is 9.79. The van der Waals surface area contributed by atoms with Crippen molar-refractivity contribution in [3.05, 3.63) is 35.7 Å². The lowest BCUT2D eigenvalue weighted by atomic mass is 9.95. The molecule has 1 aromatic heterocycles. The summed E-state index contributed by atoms with van der Waals surface area (Å²) in [5.74, 6) is 0.0734. The van der Waals surface area contributed by atoms with Crippen LogP contribution in [0.1, 0.15) is 45.5 Å². The van der Waals surface area contributed by atoms with Gasteiger partial charge in [-0.3, -0.25) is 0 Å². The number of imidazole rings is 1. The number of hydrogen-bond donors (Lipinski definition) is 1. The molecule has 3 rings (SSSR count). The number of nitrogens with zero attached hydrogens (tertiary/aromatic N) is 2. The van der Waals surface area contributed by atoms with Gasteiger partial charge in [0.1, 0.15) is 29.0 Å². The van der Waals surface area contributed by atoms with Crippen LogP contribution >= 0.6 is 0 Å². The van der Waals surface area contributed by atoms with Gasteiger partial charge in [-0.25, -0.2) is 13.8 Å². The van der Waals surface area contributed by atoms with Crippen molar-refractivity contribution in [2.45, 2.75) is 45.1 Å². The molecule has 2 N–H and O–H groups in total. The van der Waals surface area contributed by atoms with Crippen molar-refractivity contribution in [3.8, 4) is 11.3 Å². The predicted molar refractivity (Wildman–Crippen MR) is 79.0 cm³/mol. The molecule has 1 saturated carbocycles. The highest BCUT2D eigenvalue weighted by molar-refractivity contribution is 5.72. The highest BCUT2D eigenvalue weighted by atomic mass is 19.1. The molecule has 0 radical (unpaired) electrons. The van der Waals surface area contributed by atoms with E-state index >= 15 is 0 Å². The molecule has 3 nitrogen and oxygen atoms in total. The summed E-state index contributed by atoms with van der Waals surface area (Å²) < 4.78 is 29.1. The largest absolute Gasteiger partial charge is 0.383 e. The Morgan fingerprint density at radius 1 is 1.24 bits per heavy atom. The van der Waals surface area contributed by atoms with Gasteiger partial charge in [-0.1, -0.05) is 20.8 Å². The first-order valence-electron chi connectivity index (χ1n) is 7.12. The first-order valence-corrected chi connectivity index (χ1v) is 7.12. The van der Waals surface area contributed by atoms with Gasteiger partial charge in [0.25, 0.3) is 0 Å². The van der Waals surface area contributed by atoms with E-state index in [1.807, 2.05) is 4.57 Å². The van der Waals surface area contributed by atoms with Crippen molar-refractivity contribution in [1.29, 1.82) is 0 Å². The highest BCUT2D eigenvalue weighted by Gasteiger charge is 2.34. The van der Waals surface area contributed by atoms with E-state index in [2.05, 4.69) is 25.8 Å². The monoisotopic (exact) mass is 291 g/mol. The van der Waals surface area contributed by atoms with Crippen molar-refractivity contribution in [3.63, 3.8) is 0 Å². The quantitative estimate of drug-likeness (QED) is 0.907. The number of anilines is 1. The third-order valence-electron chi connectivity index (χ3n) is 3.72. The second-order valence-electron chi connectivity index (χ2n) is 6.64. The Morgan fingerprint density at radius 2 is 1.90 bits per heavy atom. The molecule has 0 amide bonds. The second kappa shape index (κ2) is 4.55. The number of aromatic nitrogens is 2. The summed E-state index contributed by atoms with van der Waals surface area (Å²) in [6, 6.07) is 3.84. The molecule has 2 aromatic rings. The zero-order chi connectivity index (χ0) is 15.4. The van der Waals surface area contributed by atoms with Crippen LogP contribution in [0.25, 0.3) is 11.3 Å². The van der Waals surface area contributed by atoms with Crippen LogP contribution in [0, 0.1) is 11.6 Å². The lowest BCUT2D eigenvalue weighted by Crippen LogP contribution is -2.19. The lowest BCUT2D eigenvalue weighted by molar-refractivity contribution is 0.504. The number of rotatable bonds is 2. The second-order valence-corrected chi connectivity index (χ2v) is 6.64. The smallest absolute Gasteiger partial charge is 0.135 e. The molecule has 21 heavy (non-hydrogen) atoms. The molecular weight excluding hydrogens is 272 g/mol. The standard InChI is InChI=1S/C16H19F2N3/c1-16(2,3)15-20-13(14(19)21(15)10-5-6-10)11-7-4-9(17)8-12(11)18/h4,7-8,10H,5-6,19H2,1-3H3. The highest BCUT2D eigenvalue weighted by Crippen LogP contribution is 2.43. The molecule has 5 heteroatoms. The maximum atomic E-state index is 14.0. The first kappa shape index (κ1) is 14.0. The zero-order valence-corrected chi connectivity index (χ0v) is 12.5. The Kier molecular flexibility index (Phi) is 3.04. The third-order valence-corrected chi connectivity index (χ3v) is 3.72. The van der Waals surface area contributed by atoms with Gasteiger partial charge in [0.05, 0.1) is 0 Å². The van der Waals surface area contributed by atoms with Crippen LogP contribution in [0.3, 0.4) is 0 Å². The Bertz CT molecular complexity index is 694. The number of nitrogen functional groups attached to an aromatic ring is 1. The fourth-order valence-corrected chi connectivity index (χ4v) is 2.56. The van der Waals surface area contributed by atoms with Gasteiger partial charge in [-0.15, -0.1) is 0 Å². The van der Waals surface area contributed by atoms with Crippen LogP contribution < -0.4 is 5.73 Å². The Balaban J connectivity index is 2.20. The molecule has 0 atom stereocenters. The van der Waals surface area contributed by atoms with Crippen molar-refractivity contribution < 1.29 is 8.78 Å². The minimum Gasteiger partial charge on any atom is -0.383 e. The van der Waals surface area contributed by atoms with E-state index in [0.717, 1.165) is 24.7 Å². The summed E-state index contributed by atoms with van der Waals surface area (Å²) in [5, 5.41) is 0. The number of hydrogen-bond acceptors (Lipinski definition) is 2. The fraction of sp³-hybridized carbons (Fsp3) is 0.438. The summed E-state index contributed by atoms with van der Waals surface area (Å²) in [6.45, 7) is 6.16.